The monoisotopic (exact) mass is 391 g/mol. The Morgan fingerprint density at radius 1 is 1.29 bits per heavy atom. The second-order valence-electron chi connectivity index (χ2n) is 5.85. The fraction of sp³-hybridized carbons (Fsp3) is 0.211. The van der Waals surface area contributed by atoms with Crippen molar-refractivity contribution in [3.8, 4) is 23.0 Å². The van der Waals surface area contributed by atoms with Gasteiger partial charge in [0.25, 0.3) is 6.54 Å². The van der Waals surface area contributed by atoms with Crippen LogP contribution in [0.1, 0.15) is 11.1 Å². The first-order chi connectivity index (χ1) is 13.4. The van der Waals surface area contributed by atoms with E-state index in [2.05, 4.69) is 21.6 Å². The number of alkyl halides is 3. The summed E-state index contributed by atoms with van der Waals surface area (Å²) >= 11 is 0. The van der Waals surface area contributed by atoms with E-state index in [9.17, 15) is 13.2 Å². The zero-order valence-corrected chi connectivity index (χ0v) is 15.0. The molecule has 146 valence electrons. The van der Waals surface area contributed by atoms with Crippen molar-refractivity contribution in [1.29, 1.82) is 0 Å². The van der Waals surface area contributed by atoms with Gasteiger partial charge in [0.15, 0.2) is 6.20 Å². The first-order valence-electron chi connectivity index (χ1n) is 8.28. The molecule has 0 aliphatic rings. The van der Waals surface area contributed by atoms with E-state index >= 15 is 0 Å². The number of hydrogen-bond acceptors (Lipinski definition) is 4. The van der Waals surface area contributed by atoms with Gasteiger partial charge < -0.3 is 9.47 Å². The van der Waals surface area contributed by atoms with Crippen molar-refractivity contribution in [2.24, 2.45) is 0 Å². The van der Waals surface area contributed by atoms with Crippen LogP contribution >= 0.6 is 0 Å². The molecule has 3 heterocycles. The molecule has 3 rings (SSSR count). The van der Waals surface area contributed by atoms with Gasteiger partial charge in [-0.15, -0.1) is 4.68 Å². The maximum Gasteiger partial charge on any atom is 0.451 e. The Morgan fingerprint density at radius 2 is 2.11 bits per heavy atom. The Morgan fingerprint density at radius 3 is 2.82 bits per heavy atom. The first-order valence-corrected chi connectivity index (χ1v) is 8.28. The van der Waals surface area contributed by atoms with Gasteiger partial charge in [0.1, 0.15) is 18.1 Å². The van der Waals surface area contributed by atoms with E-state index in [1.165, 1.54) is 19.5 Å². The van der Waals surface area contributed by atoms with Crippen LogP contribution in [-0.4, -0.2) is 28.4 Å². The number of ether oxygens (including phenoxy) is 2. The molecule has 6 nitrogen and oxygen atoms in total. The number of aromatic nitrogens is 4. The van der Waals surface area contributed by atoms with Crippen LogP contribution in [0.3, 0.4) is 0 Å². The summed E-state index contributed by atoms with van der Waals surface area (Å²) in [5, 5.41) is 2.70. The van der Waals surface area contributed by atoms with Crippen molar-refractivity contribution in [3.05, 3.63) is 60.6 Å². The van der Waals surface area contributed by atoms with Gasteiger partial charge in [0, 0.05) is 29.5 Å². The molecule has 9 heteroatoms. The van der Waals surface area contributed by atoms with E-state index in [1.807, 2.05) is 0 Å². The standard InChI is InChI=1S/C19H17F3N4O2/c1-3-13-9-17(27-2)24-10-16(13)28-11-14-5-4-7-23-18(14)15-6-8-26(25-15)12-19(20,21)22/h3-10H,1,11-12H2,2H3/p+1. The first kappa shape index (κ1) is 19.4. The van der Waals surface area contributed by atoms with Crippen molar-refractivity contribution < 1.29 is 27.3 Å². The molecule has 0 amide bonds. The van der Waals surface area contributed by atoms with E-state index < -0.39 is 12.7 Å². The molecular formula is C19H18F3N4O2+. The number of rotatable bonds is 7. The predicted molar refractivity (Wildman–Crippen MR) is 95.5 cm³/mol. The molecule has 0 unspecified atom stereocenters. The van der Waals surface area contributed by atoms with Gasteiger partial charge in [0.05, 0.1) is 19.0 Å². The van der Waals surface area contributed by atoms with Crippen LogP contribution in [0.4, 0.5) is 13.2 Å². The molecule has 28 heavy (non-hydrogen) atoms. The summed E-state index contributed by atoms with van der Waals surface area (Å²) in [4.78, 5) is 8.39. The molecule has 0 saturated carbocycles. The fourth-order valence-corrected chi connectivity index (χ4v) is 2.59. The topological polar surface area (TPSA) is 63.9 Å². The molecule has 0 bridgehead atoms. The minimum atomic E-state index is -4.31. The number of pyridine rings is 2. The molecule has 1 N–H and O–H groups in total. The normalized spacial score (nSPS) is 11.3. The molecule has 3 aromatic heterocycles. The largest absolute Gasteiger partial charge is 0.487 e. The summed E-state index contributed by atoms with van der Waals surface area (Å²) in [5.41, 5.74) is 2.37. The van der Waals surface area contributed by atoms with Crippen LogP contribution in [0.15, 0.2) is 49.4 Å². The third kappa shape index (κ3) is 4.67. The smallest absolute Gasteiger partial charge is 0.451 e. The molecule has 0 radical (unpaired) electrons. The lowest BCUT2D eigenvalue weighted by Gasteiger charge is -2.11. The highest BCUT2D eigenvalue weighted by Gasteiger charge is 2.34. The highest BCUT2D eigenvalue weighted by Crippen LogP contribution is 2.25. The van der Waals surface area contributed by atoms with E-state index in [-0.39, 0.29) is 6.61 Å². The van der Waals surface area contributed by atoms with Crippen molar-refractivity contribution in [3.63, 3.8) is 0 Å². The lowest BCUT2D eigenvalue weighted by Crippen LogP contribution is -2.42. The average molecular weight is 391 g/mol. The third-order valence-electron chi connectivity index (χ3n) is 3.87. The summed E-state index contributed by atoms with van der Waals surface area (Å²) < 4.78 is 49.6. The number of aromatic amines is 1. The van der Waals surface area contributed by atoms with Gasteiger partial charge in [-0.1, -0.05) is 18.7 Å². The zero-order valence-electron chi connectivity index (χ0n) is 15.0. The van der Waals surface area contributed by atoms with Crippen LogP contribution in [0.5, 0.6) is 11.6 Å². The number of halogens is 3. The number of nitrogens with one attached hydrogen (secondary N) is 1. The number of H-pyrrole nitrogens is 1. The van der Waals surface area contributed by atoms with E-state index in [0.717, 1.165) is 4.68 Å². The second-order valence-corrected chi connectivity index (χ2v) is 5.85. The Bertz CT molecular complexity index is 970. The summed E-state index contributed by atoms with van der Waals surface area (Å²) in [6.07, 6.45) is 1.72. The minimum Gasteiger partial charge on any atom is -0.487 e. The van der Waals surface area contributed by atoms with Gasteiger partial charge in [0.2, 0.25) is 5.88 Å². The zero-order chi connectivity index (χ0) is 20.1. The molecule has 0 fully saturated rings. The lowest BCUT2D eigenvalue weighted by atomic mass is 10.1. The van der Waals surface area contributed by atoms with Crippen LogP contribution in [-0.2, 0) is 13.2 Å². The maximum absolute atomic E-state index is 12.6. The minimum absolute atomic E-state index is 0.149. The van der Waals surface area contributed by atoms with Gasteiger partial charge in [-0.2, -0.15) is 18.3 Å². The van der Waals surface area contributed by atoms with E-state index in [0.29, 0.717) is 34.1 Å². The Kier molecular flexibility index (Phi) is 5.62. The number of hydrogen-bond donors (Lipinski definition) is 1. The SMILES string of the molecule is C=Cc1cc(OC)ncc1OCc1cccnc1-c1cc[n+](CC(F)(F)F)[nH]1. The van der Waals surface area contributed by atoms with Crippen molar-refractivity contribution >= 4 is 6.08 Å². The van der Waals surface area contributed by atoms with Gasteiger partial charge in [-0.25, -0.2) is 4.98 Å². The van der Waals surface area contributed by atoms with Crippen molar-refractivity contribution in [2.45, 2.75) is 19.3 Å². The molecule has 0 atom stereocenters. The summed E-state index contributed by atoms with van der Waals surface area (Å²) in [6, 6.07) is 6.76. The van der Waals surface area contributed by atoms with Gasteiger partial charge in [-0.05, 0) is 6.07 Å². The molecule has 0 aliphatic heterocycles. The molecular weight excluding hydrogens is 373 g/mol. The Hall–Kier alpha value is -3.36. The van der Waals surface area contributed by atoms with Crippen LogP contribution < -0.4 is 14.2 Å². The van der Waals surface area contributed by atoms with E-state index in [1.54, 1.807) is 36.5 Å². The van der Waals surface area contributed by atoms with Crippen LogP contribution in [0.2, 0.25) is 0 Å². The van der Waals surface area contributed by atoms with Crippen LogP contribution in [0.25, 0.3) is 17.5 Å². The summed E-state index contributed by atoms with van der Waals surface area (Å²) in [7, 11) is 1.51. The van der Waals surface area contributed by atoms with Gasteiger partial charge in [-0.3, -0.25) is 4.98 Å². The van der Waals surface area contributed by atoms with Crippen LogP contribution in [0, 0.1) is 0 Å². The fourth-order valence-electron chi connectivity index (χ4n) is 2.59. The highest BCUT2D eigenvalue weighted by atomic mass is 19.4. The second kappa shape index (κ2) is 8.12. The maximum atomic E-state index is 12.6. The molecule has 0 saturated heterocycles. The predicted octanol–water partition coefficient (Wildman–Crippen LogP) is 3.55. The van der Waals surface area contributed by atoms with E-state index in [4.69, 9.17) is 9.47 Å². The molecule has 0 aromatic carbocycles. The average Bonchev–Trinajstić information content (AvgIpc) is 3.12. The number of nitrogens with zero attached hydrogens (tertiary/aromatic N) is 3. The molecule has 3 aromatic rings. The Balaban J connectivity index is 1.81. The summed E-state index contributed by atoms with van der Waals surface area (Å²) in [5.74, 6) is 0.939. The molecule has 0 spiro atoms. The quantitative estimate of drug-likeness (QED) is 0.626. The van der Waals surface area contributed by atoms with Crippen molar-refractivity contribution in [1.82, 2.24) is 15.1 Å². The summed E-state index contributed by atoms with van der Waals surface area (Å²) in [6.45, 7) is 2.79. The number of methoxy groups -OCH3 is 1. The Labute approximate surface area is 159 Å². The highest BCUT2D eigenvalue weighted by molar-refractivity contribution is 5.58. The third-order valence-corrected chi connectivity index (χ3v) is 3.87. The van der Waals surface area contributed by atoms with Gasteiger partial charge >= 0.3 is 6.18 Å². The van der Waals surface area contributed by atoms with Crippen molar-refractivity contribution in [2.75, 3.05) is 7.11 Å². The molecule has 0 aliphatic carbocycles. The lowest BCUT2D eigenvalue weighted by molar-refractivity contribution is -0.768.